The van der Waals surface area contributed by atoms with Gasteiger partial charge in [-0.05, 0) is 74.7 Å². The lowest BCUT2D eigenvalue weighted by atomic mass is 9.97. The number of aryl methyl sites for hydroxylation is 3. The van der Waals surface area contributed by atoms with Crippen LogP contribution in [0.2, 0.25) is 0 Å². The van der Waals surface area contributed by atoms with Crippen molar-refractivity contribution < 1.29 is 0 Å². The second kappa shape index (κ2) is 7.45. The van der Waals surface area contributed by atoms with Gasteiger partial charge in [0.1, 0.15) is 0 Å². The van der Waals surface area contributed by atoms with Crippen molar-refractivity contribution in [1.29, 1.82) is 0 Å². The van der Waals surface area contributed by atoms with E-state index in [4.69, 9.17) is 5.73 Å². The Labute approximate surface area is 148 Å². The summed E-state index contributed by atoms with van der Waals surface area (Å²) in [5, 5.41) is 1.39. The zero-order chi connectivity index (χ0) is 17.1. The van der Waals surface area contributed by atoms with Crippen molar-refractivity contribution in [3.05, 3.63) is 53.1 Å². The molecule has 0 aliphatic rings. The second-order valence-electron chi connectivity index (χ2n) is 6.43. The molecule has 0 unspecified atom stereocenters. The van der Waals surface area contributed by atoms with Gasteiger partial charge in [0.05, 0.1) is 5.69 Å². The highest BCUT2D eigenvalue weighted by atomic mass is 32.2. The van der Waals surface area contributed by atoms with Crippen LogP contribution in [-0.4, -0.2) is 17.8 Å². The van der Waals surface area contributed by atoms with Crippen LogP contribution in [-0.2, 0) is 6.42 Å². The molecule has 3 rings (SSSR count). The summed E-state index contributed by atoms with van der Waals surface area (Å²) >= 11 is 1.80. The van der Waals surface area contributed by atoms with Gasteiger partial charge in [0.2, 0.25) is 0 Å². The lowest BCUT2D eigenvalue weighted by molar-refractivity contribution is 0.748. The minimum Gasteiger partial charge on any atom is -0.354 e. The quantitative estimate of drug-likeness (QED) is 0.463. The highest BCUT2D eigenvalue weighted by Gasteiger charge is 2.17. The van der Waals surface area contributed by atoms with Gasteiger partial charge < -0.3 is 10.7 Å². The van der Waals surface area contributed by atoms with Crippen molar-refractivity contribution in [2.45, 2.75) is 38.0 Å². The van der Waals surface area contributed by atoms with Crippen LogP contribution in [0, 0.1) is 13.8 Å². The van der Waals surface area contributed by atoms with Gasteiger partial charge in [-0.2, -0.15) is 0 Å². The second-order valence-corrected chi connectivity index (χ2v) is 7.28. The zero-order valence-electron chi connectivity index (χ0n) is 14.8. The Morgan fingerprint density at radius 2 is 1.88 bits per heavy atom. The Morgan fingerprint density at radius 1 is 1.08 bits per heavy atom. The number of hydrogen-bond donors (Lipinski definition) is 2. The van der Waals surface area contributed by atoms with E-state index in [0.717, 1.165) is 25.8 Å². The first-order valence-corrected chi connectivity index (χ1v) is 9.83. The number of benzene rings is 2. The number of nitrogens with two attached hydrogens (primary N) is 1. The van der Waals surface area contributed by atoms with E-state index in [1.165, 1.54) is 43.7 Å². The third-order valence-electron chi connectivity index (χ3n) is 4.60. The van der Waals surface area contributed by atoms with Crippen LogP contribution in [0.5, 0.6) is 0 Å². The summed E-state index contributed by atoms with van der Waals surface area (Å²) in [6, 6.07) is 13.2. The molecule has 2 aromatic carbocycles. The van der Waals surface area contributed by atoms with E-state index >= 15 is 0 Å². The Bertz CT molecular complexity index is 848. The number of aromatic amines is 1. The van der Waals surface area contributed by atoms with E-state index in [9.17, 15) is 0 Å². The number of H-pyrrole nitrogens is 1. The van der Waals surface area contributed by atoms with Gasteiger partial charge in [-0.25, -0.2) is 0 Å². The van der Waals surface area contributed by atoms with Crippen LogP contribution in [0.3, 0.4) is 0 Å². The minimum absolute atomic E-state index is 0.761. The first kappa shape index (κ1) is 17.1. The minimum atomic E-state index is 0.761. The number of aromatic nitrogens is 1. The molecule has 24 heavy (non-hydrogen) atoms. The van der Waals surface area contributed by atoms with Gasteiger partial charge in [0.25, 0.3) is 0 Å². The Balaban J connectivity index is 2.22. The first-order chi connectivity index (χ1) is 11.7. The smallest absolute Gasteiger partial charge is 0.0508 e. The summed E-state index contributed by atoms with van der Waals surface area (Å²) in [5.41, 5.74) is 13.7. The Kier molecular flexibility index (Phi) is 5.32. The lowest BCUT2D eigenvalue weighted by Crippen LogP contribution is -1.99. The number of rotatable bonds is 6. The normalized spacial score (nSPS) is 11.3. The molecule has 0 radical (unpaired) electrons. The van der Waals surface area contributed by atoms with E-state index < -0.39 is 0 Å². The molecule has 3 N–H and O–H groups in total. The van der Waals surface area contributed by atoms with Crippen LogP contribution < -0.4 is 5.73 Å². The average Bonchev–Trinajstić information content (AvgIpc) is 2.93. The van der Waals surface area contributed by atoms with E-state index in [2.05, 4.69) is 61.5 Å². The standard InChI is InChI=1S/C21H26N2S/c1-14-12-15(2)20-17(9-6-7-11-22)21(23-18(20)13-14)16-8-4-5-10-19(16)24-3/h4-5,8,10,12-13,23H,6-7,9,11,22H2,1-3H3. The van der Waals surface area contributed by atoms with Gasteiger partial charge in [-0.1, -0.05) is 24.3 Å². The third kappa shape index (κ3) is 3.24. The van der Waals surface area contributed by atoms with E-state index in [1.54, 1.807) is 11.8 Å². The van der Waals surface area contributed by atoms with Crippen LogP contribution in [0.25, 0.3) is 22.2 Å². The van der Waals surface area contributed by atoms with Crippen molar-refractivity contribution in [2.75, 3.05) is 12.8 Å². The fourth-order valence-electron chi connectivity index (χ4n) is 3.58. The highest BCUT2D eigenvalue weighted by molar-refractivity contribution is 7.98. The molecule has 126 valence electrons. The summed E-state index contributed by atoms with van der Waals surface area (Å²) in [5.74, 6) is 0. The molecule has 0 spiro atoms. The van der Waals surface area contributed by atoms with Gasteiger partial charge in [0.15, 0.2) is 0 Å². The van der Waals surface area contributed by atoms with E-state index in [-0.39, 0.29) is 0 Å². The first-order valence-electron chi connectivity index (χ1n) is 8.61. The molecule has 0 aliphatic heterocycles. The molecule has 1 aromatic heterocycles. The lowest BCUT2D eigenvalue weighted by Gasteiger charge is -2.10. The number of nitrogens with one attached hydrogen (secondary N) is 1. The van der Waals surface area contributed by atoms with Crippen molar-refractivity contribution in [1.82, 2.24) is 4.98 Å². The molecule has 2 nitrogen and oxygen atoms in total. The van der Waals surface area contributed by atoms with Crippen LogP contribution in [0.1, 0.15) is 29.5 Å². The Morgan fingerprint density at radius 3 is 2.62 bits per heavy atom. The van der Waals surface area contributed by atoms with Crippen LogP contribution >= 0.6 is 11.8 Å². The van der Waals surface area contributed by atoms with Crippen molar-refractivity contribution in [3.63, 3.8) is 0 Å². The van der Waals surface area contributed by atoms with Gasteiger partial charge in [-0.3, -0.25) is 0 Å². The molecule has 0 fully saturated rings. The largest absolute Gasteiger partial charge is 0.354 e. The molecule has 3 aromatic rings. The van der Waals surface area contributed by atoms with E-state index in [1.807, 2.05) is 0 Å². The number of unbranched alkanes of at least 4 members (excludes halogenated alkanes) is 1. The van der Waals surface area contributed by atoms with Gasteiger partial charge in [-0.15, -0.1) is 11.8 Å². The van der Waals surface area contributed by atoms with Crippen molar-refractivity contribution >= 4 is 22.7 Å². The van der Waals surface area contributed by atoms with Crippen molar-refractivity contribution in [2.24, 2.45) is 5.73 Å². The van der Waals surface area contributed by atoms with Crippen molar-refractivity contribution in [3.8, 4) is 11.3 Å². The average molecular weight is 339 g/mol. The predicted octanol–water partition coefficient (Wildman–Crippen LogP) is 5.46. The highest BCUT2D eigenvalue weighted by Crippen LogP contribution is 2.37. The summed E-state index contributed by atoms with van der Waals surface area (Å²) in [7, 11) is 0. The maximum atomic E-state index is 5.71. The molecular weight excluding hydrogens is 312 g/mol. The summed E-state index contributed by atoms with van der Waals surface area (Å²) in [6.45, 7) is 5.15. The zero-order valence-corrected chi connectivity index (χ0v) is 15.6. The van der Waals surface area contributed by atoms with Gasteiger partial charge >= 0.3 is 0 Å². The number of hydrogen-bond acceptors (Lipinski definition) is 2. The summed E-state index contributed by atoms with van der Waals surface area (Å²) < 4.78 is 0. The summed E-state index contributed by atoms with van der Waals surface area (Å²) in [4.78, 5) is 5.04. The Hall–Kier alpha value is -1.71. The maximum absolute atomic E-state index is 5.71. The molecule has 0 atom stereocenters. The molecule has 3 heteroatoms. The fourth-order valence-corrected chi connectivity index (χ4v) is 4.18. The number of thioether (sulfide) groups is 1. The predicted molar refractivity (Wildman–Crippen MR) is 107 cm³/mol. The van der Waals surface area contributed by atoms with Crippen LogP contribution in [0.4, 0.5) is 0 Å². The molecular formula is C21H26N2S. The molecule has 0 amide bonds. The topological polar surface area (TPSA) is 41.8 Å². The molecule has 0 bridgehead atoms. The summed E-state index contributed by atoms with van der Waals surface area (Å²) in [6.07, 6.45) is 5.41. The molecule has 0 saturated heterocycles. The molecule has 1 heterocycles. The number of fused-ring (bicyclic) bond motifs is 1. The van der Waals surface area contributed by atoms with E-state index in [0.29, 0.717) is 0 Å². The molecule has 0 saturated carbocycles. The third-order valence-corrected chi connectivity index (χ3v) is 5.40. The SMILES string of the molecule is CSc1ccccc1-c1[nH]c2cc(C)cc(C)c2c1CCCCN. The maximum Gasteiger partial charge on any atom is 0.0508 e. The van der Waals surface area contributed by atoms with Gasteiger partial charge in [0, 0.05) is 21.4 Å². The molecule has 0 aliphatic carbocycles. The fraction of sp³-hybridized carbons (Fsp3) is 0.333. The monoisotopic (exact) mass is 338 g/mol. The van der Waals surface area contributed by atoms with Crippen LogP contribution in [0.15, 0.2) is 41.3 Å².